The molecular weight excluding hydrogens is 228 g/mol. The smallest absolute Gasteiger partial charge is 0.0622 e. The zero-order valence-electron chi connectivity index (χ0n) is 11.4. The highest BCUT2D eigenvalue weighted by Crippen LogP contribution is 2.21. The van der Waals surface area contributed by atoms with E-state index in [9.17, 15) is 0 Å². The van der Waals surface area contributed by atoms with Crippen LogP contribution >= 0.6 is 0 Å². The number of rotatable bonds is 2. The van der Waals surface area contributed by atoms with Gasteiger partial charge in [-0.2, -0.15) is 0 Å². The lowest BCUT2D eigenvalue weighted by atomic mass is 10.1. The molecule has 0 unspecified atom stereocenters. The van der Waals surface area contributed by atoms with Gasteiger partial charge in [-0.15, -0.1) is 0 Å². The van der Waals surface area contributed by atoms with Crippen LogP contribution in [-0.2, 0) is 9.47 Å². The summed E-state index contributed by atoms with van der Waals surface area (Å²) < 4.78 is 11.0. The largest absolute Gasteiger partial charge is 0.380 e. The Kier molecular flexibility index (Phi) is 4.52. The summed E-state index contributed by atoms with van der Waals surface area (Å²) in [5.74, 6) is 0. The van der Waals surface area contributed by atoms with Gasteiger partial charge in [0, 0.05) is 38.3 Å². The fraction of sp³-hybridized carbons (Fsp3) is 1.00. The molecule has 3 saturated heterocycles. The van der Waals surface area contributed by atoms with Gasteiger partial charge in [0.1, 0.15) is 0 Å². The zero-order valence-corrected chi connectivity index (χ0v) is 11.4. The summed E-state index contributed by atoms with van der Waals surface area (Å²) in [4.78, 5) is 5.32. The average molecular weight is 254 g/mol. The minimum atomic E-state index is 0.702. The van der Waals surface area contributed by atoms with Gasteiger partial charge in [-0.1, -0.05) is 0 Å². The predicted octanol–water partition coefficient (Wildman–Crippen LogP) is 0.962. The first kappa shape index (κ1) is 12.9. The standard InChI is InChI=1S/C14H26N2O2/c1-2-13(16-7-10-17-11-8-16)3-6-15(5-1)14-4-9-18-12-14/h13-14H,1-12H2/t13-,14-/m0/s1. The lowest BCUT2D eigenvalue weighted by Gasteiger charge is -2.34. The van der Waals surface area contributed by atoms with Crippen molar-refractivity contribution in [3.05, 3.63) is 0 Å². The molecule has 0 aromatic rings. The number of hydrogen-bond acceptors (Lipinski definition) is 4. The SMILES string of the molecule is C1C[C@H](N2CCOCC2)CCN([C@H]2CCOC2)C1. The molecule has 2 atom stereocenters. The van der Waals surface area contributed by atoms with Crippen LogP contribution in [0.5, 0.6) is 0 Å². The molecule has 0 N–H and O–H groups in total. The molecule has 3 heterocycles. The minimum absolute atomic E-state index is 0.702. The molecule has 0 radical (unpaired) electrons. The number of hydrogen-bond donors (Lipinski definition) is 0. The van der Waals surface area contributed by atoms with Gasteiger partial charge in [0.15, 0.2) is 0 Å². The van der Waals surface area contributed by atoms with Crippen LogP contribution in [0.4, 0.5) is 0 Å². The highest BCUT2D eigenvalue weighted by atomic mass is 16.5. The van der Waals surface area contributed by atoms with Crippen LogP contribution in [0.3, 0.4) is 0 Å². The van der Waals surface area contributed by atoms with Crippen molar-refractivity contribution >= 4 is 0 Å². The maximum Gasteiger partial charge on any atom is 0.0622 e. The van der Waals surface area contributed by atoms with Crippen molar-refractivity contribution in [3.63, 3.8) is 0 Å². The van der Waals surface area contributed by atoms with Gasteiger partial charge in [-0.25, -0.2) is 0 Å². The summed E-state index contributed by atoms with van der Waals surface area (Å²) in [6.07, 6.45) is 5.28. The molecule has 3 aliphatic heterocycles. The van der Waals surface area contributed by atoms with Gasteiger partial charge in [0.2, 0.25) is 0 Å². The second-order valence-corrected chi connectivity index (χ2v) is 5.79. The quantitative estimate of drug-likeness (QED) is 0.733. The van der Waals surface area contributed by atoms with Crippen LogP contribution in [0, 0.1) is 0 Å². The summed E-state index contributed by atoms with van der Waals surface area (Å²) in [5.41, 5.74) is 0. The molecule has 0 saturated carbocycles. The van der Waals surface area contributed by atoms with E-state index in [-0.39, 0.29) is 0 Å². The predicted molar refractivity (Wildman–Crippen MR) is 70.8 cm³/mol. The minimum Gasteiger partial charge on any atom is -0.380 e. The summed E-state index contributed by atoms with van der Waals surface area (Å²) in [6, 6.07) is 1.50. The van der Waals surface area contributed by atoms with Crippen molar-refractivity contribution in [2.75, 3.05) is 52.6 Å². The molecule has 4 heteroatoms. The van der Waals surface area contributed by atoms with Gasteiger partial charge < -0.3 is 9.47 Å². The molecule has 104 valence electrons. The Hall–Kier alpha value is -0.160. The molecule has 0 aromatic heterocycles. The van der Waals surface area contributed by atoms with Crippen LogP contribution in [0.1, 0.15) is 25.7 Å². The Balaban J connectivity index is 1.51. The molecule has 0 bridgehead atoms. The van der Waals surface area contributed by atoms with Crippen LogP contribution in [-0.4, -0.2) is 74.5 Å². The molecular formula is C14H26N2O2. The molecule has 0 spiro atoms. The highest BCUT2D eigenvalue weighted by molar-refractivity contribution is 4.83. The maximum absolute atomic E-state index is 5.53. The molecule has 3 rings (SSSR count). The third-order valence-electron chi connectivity index (χ3n) is 4.72. The lowest BCUT2D eigenvalue weighted by Crippen LogP contribution is -2.44. The number of likely N-dealkylation sites (tertiary alicyclic amines) is 1. The van der Waals surface area contributed by atoms with Crippen LogP contribution in [0.15, 0.2) is 0 Å². The van der Waals surface area contributed by atoms with E-state index in [1.807, 2.05) is 0 Å². The van der Waals surface area contributed by atoms with Crippen molar-refractivity contribution < 1.29 is 9.47 Å². The van der Waals surface area contributed by atoms with E-state index in [0.717, 1.165) is 45.6 Å². The second kappa shape index (κ2) is 6.33. The lowest BCUT2D eigenvalue weighted by molar-refractivity contribution is 0.0132. The van der Waals surface area contributed by atoms with Crippen LogP contribution in [0.25, 0.3) is 0 Å². The third kappa shape index (κ3) is 3.05. The van der Waals surface area contributed by atoms with E-state index < -0.39 is 0 Å². The van der Waals surface area contributed by atoms with Crippen molar-refractivity contribution in [3.8, 4) is 0 Å². The van der Waals surface area contributed by atoms with E-state index in [2.05, 4.69) is 9.80 Å². The van der Waals surface area contributed by atoms with E-state index in [1.165, 1.54) is 38.8 Å². The first-order chi connectivity index (χ1) is 8.93. The van der Waals surface area contributed by atoms with Crippen molar-refractivity contribution in [1.82, 2.24) is 9.80 Å². The summed E-state index contributed by atoms with van der Waals surface area (Å²) in [6.45, 7) is 8.59. The fourth-order valence-electron chi connectivity index (χ4n) is 3.58. The Bertz CT molecular complexity index is 250. The van der Waals surface area contributed by atoms with Gasteiger partial charge in [0.05, 0.1) is 19.8 Å². The first-order valence-corrected chi connectivity index (χ1v) is 7.57. The van der Waals surface area contributed by atoms with E-state index in [0.29, 0.717) is 6.04 Å². The van der Waals surface area contributed by atoms with E-state index >= 15 is 0 Å². The molecule has 0 aromatic carbocycles. The van der Waals surface area contributed by atoms with Crippen LogP contribution in [0.2, 0.25) is 0 Å². The summed E-state index contributed by atoms with van der Waals surface area (Å²) in [7, 11) is 0. The van der Waals surface area contributed by atoms with Gasteiger partial charge in [-0.3, -0.25) is 9.80 Å². The van der Waals surface area contributed by atoms with Gasteiger partial charge in [-0.05, 0) is 32.2 Å². The fourth-order valence-corrected chi connectivity index (χ4v) is 3.58. The molecule has 3 fully saturated rings. The summed E-state index contributed by atoms with van der Waals surface area (Å²) >= 11 is 0. The Labute approximate surface area is 110 Å². The second-order valence-electron chi connectivity index (χ2n) is 5.79. The normalized spacial score (nSPS) is 36.7. The van der Waals surface area contributed by atoms with Gasteiger partial charge in [0.25, 0.3) is 0 Å². The molecule has 0 aliphatic carbocycles. The summed E-state index contributed by atoms with van der Waals surface area (Å²) in [5, 5.41) is 0. The molecule has 18 heavy (non-hydrogen) atoms. The Morgan fingerprint density at radius 2 is 1.50 bits per heavy atom. The number of morpholine rings is 1. The van der Waals surface area contributed by atoms with Crippen LogP contribution < -0.4 is 0 Å². The van der Waals surface area contributed by atoms with E-state index in [1.54, 1.807) is 0 Å². The topological polar surface area (TPSA) is 24.9 Å². The average Bonchev–Trinajstić information content (AvgIpc) is 2.84. The number of ether oxygens (including phenoxy) is 2. The zero-order chi connectivity index (χ0) is 12.2. The monoisotopic (exact) mass is 254 g/mol. The maximum atomic E-state index is 5.53. The molecule has 4 nitrogen and oxygen atoms in total. The Morgan fingerprint density at radius 3 is 2.28 bits per heavy atom. The van der Waals surface area contributed by atoms with Gasteiger partial charge >= 0.3 is 0 Å². The first-order valence-electron chi connectivity index (χ1n) is 7.57. The molecule has 3 aliphatic rings. The van der Waals surface area contributed by atoms with Crippen molar-refractivity contribution in [1.29, 1.82) is 0 Å². The van der Waals surface area contributed by atoms with Crippen molar-refractivity contribution in [2.45, 2.75) is 37.8 Å². The Morgan fingerprint density at radius 1 is 0.667 bits per heavy atom. The molecule has 0 amide bonds. The van der Waals surface area contributed by atoms with E-state index in [4.69, 9.17) is 9.47 Å². The third-order valence-corrected chi connectivity index (χ3v) is 4.72. The van der Waals surface area contributed by atoms with Crippen molar-refractivity contribution in [2.24, 2.45) is 0 Å². The number of nitrogens with zero attached hydrogens (tertiary/aromatic N) is 2. The highest BCUT2D eigenvalue weighted by Gasteiger charge is 2.28.